The molecule has 0 atom stereocenters. The lowest BCUT2D eigenvalue weighted by atomic mass is 10.2. The molecular weight excluding hydrogens is 272 g/mol. The summed E-state index contributed by atoms with van der Waals surface area (Å²) in [6.45, 7) is 0. The molecule has 0 aliphatic heterocycles. The molecule has 4 nitrogen and oxygen atoms in total. The zero-order valence-electron chi connectivity index (χ0n) is 10.7. The molecule has 0 unspecified atom stereocenters. The highest BCUT2D eigenvalue weighted by molar-refractivity contribution is 7.89. The van der Waals surface area contributed by atoms with Crippen LogP contribution in [0, 0.1) is 0 Å². The van der Waals surface area contributed by atoms with Gasteiger partial charge in [0.25, 0.3) is 0 Å². The molecule has 2 N–H and O–H groups in total. The van der Waals surface area contributed by atoms with Crippen molar-refractivity contribution in [3.05, 3.63) is 66.4 Å². The number of hydrogen-bond donors (Lipinski definition) is 1. The number of hydrogen-bond acceptors (Lipinski definition) is 3. The molecule has 5 heteroatoms. The predicted molar refractivity (Wildman–Crippen MR) is 80.8 cm³/mol. The molecule has 3 rings (SSSR count). The molecule has 0 saturated carbocycles. The number of nitrogens with two attached hydrogens (primary N) is 1. The Kier molecular flexibility index (Phi) is 2.99. The van der Waals surface area contributed by atoms with Crippen LogP contribution in [0.5, 0.6) is 0 Å². The molecule has 0 aliphatic carbocycles. The van der Waals surface area contributed by atoms with Gasteiger partial charge in [-0.1, -0.05) is 36.4 Å². The van der Waals surface area contributed by atoms with E-state index < -0.39 is 10.0 Å². The molecule has 102 valence electrons. The van der Waals surface area contributed by atoms with E-state index in [1.54, 1.807) is 42.6 Å². The van der Waals surface area contributed by atoms with Crippen molar-refractivity contribution in [1.82, 2.24) is 3.97 Å². The average molecular weight is 286 g/mol. The van der Waals surface area contributed by atoms with Gasteiger partial charge in [0.2, 0.25) is 10.0 Å². The Labute approximate surface area is 117 Å². The summed E-state index contributed by atoms with van der Waals surface area (Å²) in [5, 5.41) is 0.754. The summed E-state index contributed by atoms with van der Waals surface area (Å²) in [5.41, 5.74) is 7.81. The fourth-order valence-corrected chi connectivity index (χ4v) is 3.72. The molecule has 0 fully saturated rings. The van der Waals surface area contributed by atoms with Crippen LogP contribution < -0.4 is 5.73 Å². The fraction of sp³-hybridized carbons (Fsp3) is 0.0667. The third-order valence-corrected chi connectivity index (χ3v) is 4.84. The lowest BCUT2D eigenvalue weighted by Crippen LogP contribution is -2.13. The molecule has 0 bridgehead atoms. The second kappa shape index (κ2) is 4.68. The summed E-state index contributed by atoms with van der Waals surface area (Å²) in [4.78, 5) is 0. The number of fused-ring (bicyclic) bond motifs is 1. The van der Waals surface area contributed by atoms with Crippen molar-refractivity contribution in [3.63, 3.8) is 0 Å². The maximum Gasteiger partial charge on any atom is 0.243 e. The third kappa shape index (κ3) is 2.16. The van der Waals surface area contributed by atoms with Gasteiger partial charge in [-0.15, -0.1) is 0 Å². The number of rotatable bonds is 3. The molecule has 20 heavy (non-hydrogen) atoms. The number of benzene rings is 2. The first-order valence-electron chi connectivity index (χ1n) is 6.21. The van der Waals surface area contributed by atoms with Crippen molar-refractivity contribution in [2.24, 2.45) is 0 Å². The van der Waals surface area contributed by atoms with E-state index in [9.17, 15) is 8.42 Å². The van der Waals surface area contributed by atoms with Crippen LogP contribution in [0.15, 0.2) is 60.8 Å². The molecule has 1 heterocycles. The number of nitrogens with zero attached hydrogens (tertiary/aromatic N) is 1. The van der Waals surface area contributed by atoms with E-state index in [0.717, 1.165) is 10.9 Å². The van der Waals surface area contributed by atoms with E-state index in [0.29, 0.717) is 11.2 Å². The molecule has 0 saturated heterocycles. The van der Waals surface area contributed by atoms with Gasteiger partial charge in [0.15, 0.2) is 0 Å². The molecule has 2 aromatic carbocycles. The average Bonchev–Trinajstić information content (AvgIpc) is 2.85. The van der Waals surface area contributed by atoms with Crippen LogP contribution in [0.25, 0.3) is 10.9 Å². The summed E-state index contributed by atoms with van der Waals surface area (Å²) < 4.78 is 26.3. The lowest BCUT2D eigenvalue weighted by Gasteiger charge is -2.08. The first kappa shape index (κ1) is 12.7. The second-order valence-electron chi connectivity index (χ2n) is 4.63. The Morgan fingerprint density at radius 3 is 2.45 bits per heavy atom. The third-order valence-electron chi connectivity index (χ3n) is 3.22. The van der Waals surface area contributed by atoms with Crippen LogP contribution in [-0.2, 0) is 15.8 Å². The van der Waals surface area contributed by atoms with Gasteiger partial charge >= 0.3 is 0 Å². The van der Waals surface area contributed by atoms with Crippen LogP contribution in [0.2, 0.25) is 0 Å². The van der Waals surface area contributed by atoms with Crippen LogP contribution in [0.1, 0.15) is 5.56 Å². The Morgan fingerprint density at radius 2 is 1.70 bits per heavy atom. The minimum absolute atomic E-state index is 0.0353. The number of nitrogen functional groups attached to an aromatic ring is 1. The van der Waals surface area contributed by atoms with E-state index in [1.165, 1.54) is 3.97 Å². The van der Waals surface area contributed by atoms with E-state index in [-0.39, 0.29) is 5.75 Å². The van der Waals surface area contributed by atoms with Gasteiger partial charge in [-0.3, -0.25) is 0 Å². The van der Waals surface area contributed by atoms with Crippen molar-refractivity contribution < 1.29 is 8.42 Å². The Morgan fingerprint density at radius 1 is 0.950 bits per heavy atom. The monoisotopic (exact) mass is 286 g/mol. The van der Waals surface area contributed by atoms with Gasteiger partial charge in [-0.2, -0.15) is 0 Å². The largest absolute Gasteiger partial charge is 0.398 e. The summed E-state index contributed by atoms with van der Waals surface area (Å²) in [6, 6.07) is 16.1. The van der Waals surface area contributed by atoms with Crippen molar-refractivity contribution in [2.45, 2.75) is 5.75 Å². The Hall–Kier alpha value is -2.27. The van der Waals surface area contributed by atoms with Gasteiger partial charge in [0.1, 0.15) is 0 Å². The van der Waals surface area contributed by atoms with E-state index >= 15 is 0 Å². The Balaban J connectivity index is 2.08. The van der Waals surface area contributed by atoms with E-state index in [4.69, 9.17) is 5.73 Å². The lowest BCUT2D eigenvalue weighted by molar-refractivity contribution is 0.588. The van der Waals surface area contributed by atoms with Crippen molar-refractivity contribution in [1.29, 1.82) is 0 Å². The smallest absolute Gasteiger partial charge is 0.243 e. The number of anilines is 1. The fourth-order valence-electron chi connectivity index (χ4n) is 2.26. The molecule has 0 spiro atoms. The SMILES string of the molecule is Nc1cccc2c1ccn2S(=O)(=O)Cc1ccccc1. The van der Waals surface area contributed by atoms with Crippen LogP contribution in [-0.4, -0.2) is 12.4 Å². The van der Waals surface area contributed by atoms with E-state index in [1.807, 2.05) is 18.2 Å². The normalized spacial score (nSPS) is 11.8. The summed E-state index contributed by atoms with van der Waals surface area (Å²) >= 11 is 0. The minimum atomic E-state index is -3.45. The second-order valence-corrected chi connectivity index (χ2v) is 6.48. The van der Waals surface area contributed by atoms with Gasteiger partial charge in [0, 0.05) is 17.3 Å². The van der Waals surface area contributed by atoms with E-state index in [2.05, 4.69) is 0 Å². The highest BCUT2D eigenvalue weighted by Crippen LogP contribution is 2.24. The molecule has 0 amide bonds. The predicted octanol–water partition coefficient (Wildman–Crippen LogP) is 2.60. The number of aromatic nitrogens is 1. The zero-order valence-corrected chi connectivity index (χ0v) is 11.5. The molecule has 0 radical (unpaired) electrons. The minimum Gasteiger partial charge on any atom is -0.398 e. The summed E-state index contributed by atoms with van der Waals surface area (Å²) in [6.07, 6.45) is 1.55. The molecule has 3 aromatic rings. The molecular formula is C15H14N2O2S. The first-order valence-corrected chi connectivity index (χ1v) is 7.81. The maximum absolute atomic E-state index is 12.5. The van der Waals surface area contributed by atoms with Gasteiger partial charge in [0.05, 0.1) is 11.3 Å². The highest BCUT2D eigenvalue weighted by Gasteiger charge is 2.17. The maximum atomic E-state index is 12.5. The van der Waals surface area contributed by atoms with Crippen LogP contribution in [0.4, 0.5) is 5.69 Å². The standard InChI is InChI=1S/C15H14N2O2S/c16-14-7-4-8-15-13(14)9-10-17(15)20(18,19)11-12-5-2-1-3-6-12/h1-10H,11,16H2. The quantitative estimate of drug-likeness (QED) is 0.753. The van der Waals surface area contributed by atoms with Crippen LogP contribution >= 0.6 is 0 Å². The van der Waals surface area contributed by atoms with Crippen LogP contribution in [0.3, 0.4) is 0 Å². The Bertz CT molecular complexity index is 852. The van der Waals surface area contributed by atoms with Crippen molar-refractivity contribution in [2.75, 3.05) is 5.73 Å². The summed E-state index contributed by atoms with van der Waals surface area (Å²) in [5.74, 6) is -0.0353. The summed E-state index contributed by atoms with van der Waals surface area (Å²) in [7, 11) is -3.45. The van der Waals surface area contributed by atoms with Gasteiger partial charge in [-0.05, 0) is 23.8 Å². The zero-order chi connectivity index (χ0) is 14.2. The van der Waals surface area contributed by atoms with Crippen molar-refractivity contribution >= 4 is 26.6 Å². The topological polar surface area (TPSA) is 65.1 Å². The molecule has 1 aromatic heterocycles. The van der Waals surface area contributed by atoms with Gasteiger partial charge in [-0.25, -0.2) is 12.4 Å². The van der Waals surface area contributed by atoms with Crippen molar-refractivity contribution in [3.8, 4) is 0 Å². The molecule has 0 aliphatic rings. The highest BCUT2D eigenvalue weighted by atomic mass is 32.2. The van der Waals surface area contributed by atoms with Gasteiger partial charge < -0.3 is 5.73 Å². The first-order chi connectivity index (χ1) is 9.58.